The number of amides is 1. The quantitative estimate of drug-likeness (QED) is 0.532. The lowest BCUT2D eigenvalue weighted by molar-refractivity contribution is -0.129. The molecule has 1 fully saturated rings. The first kappa shape index (κ1) is 21.4. The predicted octanol–water partition coefficient (Wildman–Crippen LogP) is 4.32. The zero-order valence-corrected chi connectivity index (χ0v) is 19.2. The van der Waals surface area contributed by atoms with Crippen LogP contribution >= 0.6 is 11.6 Å². The summed E-state index contributed by atoms with van der Waals surface area (Å²) in [5, 5.41) is 5.66. The molecule has 4 rings (SSSR count). The molecule has 0 aliphatic carbocycles. The van der Waals surface area contributed by atoms with Crippen molar-refractivity contribution in [1.82, 2.24) is 19.7 Å². The normalized spacial score (nSPS) is 18.5. The number of carbonyl (C=O) groups excluding carboxylic acids is 1. The van der Waals surface area contributed by atoms with Crippen LogP contribution in [0, 0.1) is 12.8 Å². The molecule has 3 heterocycles. The Balaban J connectivity index is 1.51. The monoisotopic (exact) mass is 442 g/mol. The Morgan fingerprint density at radius 2 is 1.94 bits per heavy atom. The van der Waals surface area contributed by atoms with Gasteiger partial charge >= 0.3 is 0 Å². The van der Waals surface area contributed by atoms with Crippen molar-refractivity contribution in [3.63, 3.8) is 0 Å². The molecule has 0 bridgehead atoms. The largest absolute Gasteiger partial charge is 0.497 e. The molecule has 8 heteroatoms. The molecule has 0 radical (unpaired) electrons. The van der Waals surface area contributed by atoms with Gasteiger partial charge in [0.15, 0.2) is 0 Å². The molecule has 7 nitrogen and oxygen atoms in total. The van der Waals surface area contributed by atoms with E-state index in [4.69, 9.17) is 21.1 Å². The number of fused-ring (bicyclic) bond motifs is 1. The summed E-state index contributed by atoms with van der Waals surface area (Å²) in [4.78, 5) is 19.1. The van der Waals surface area contributed by atoms with E-state index < -0.39 is 0 Å². The lowest BCUT2D eigenvalue weighted by Crippen LogP contribution is -2.31. The van der Waals surface area contributed by atoms with E-state index in [1.807, 2.05) is 50.1 Å². The first-order chi connectivity index (χ1) is 14.8. The molecule has 164 valence electrons. The molecular formula is C23H27ClN4O3. The Hall–Kier alpha value is -2.80. The van der Waals surface area contributed by atoms with Gasteiger partial charge in [-0.05, 0) is 38.5 Å². The van der Waals surface area contributed by atoms with E-state index in [0.717, 1.165) is 27.9 Å². The van der Waals surface area contributed by atoms with Gasteiger partial charge in [-0.2, -0.15) is 5.10 Å². The second-order valence-corrected chi connectivity index (χ2v) is 8.52. The molecule has 1 aliphatic rings. The number of pyridine rings is 1. The summed E-state index contributed by atoms with van der Waals surface area (Å²) >= 11 is 6.19. The van der Waals surface area contributed by atoms with Crippen LogP contribution in [0.15, 0.2) is 30.3 Å². The highest BCUT2D eigenvalue weighted by atomic mass is 35.5. The summed E-state index contributed by atoms with van der Waals surface area (Å²) < 4.78 is 13.3. The minimum Gasteiger partial charge on any atom is -0.497 e. The minimum atomic E-state index is -0.203. The number of hydrogen-bond acceptors (Lipinski definition) is 5. The minimum absolute atomic E-state index is 0.0211. The number of carbonyl (C=O) groups is 1. The molecular weight excluding hydrogens is 416 g/mol. The van der Waals surface area contributed by atoms with E-state index >= 15 is 0 Å². The van der Waals surface area contributed by atoms with Gasteiger partial charge in [-0.15, -0.1) is 0 Å². The van der Waals surface area contributed by atoms with Crippen LogP contribution in [0.4, 0.5) is 0 Å². The van der Waals surface area contributed by atoms with Crippen molar-refractivity contribution in [2.45, 2.75) is 39.3 Å². The van der Waals surface area contributed by atoms with Gasteiger partial charge < -0.3 is 14.4 Å². The lowest BCUT2D eigenvalue weighted by Gasteiger charge is -2.26. The molecule has 1 aliphatic heterocycles. The van der Waals surface area contributed by atoms with Crippen molar-refractivity contribution in [2.24, 2.45) is 13.0 Å². The van der Waals surface area contributed by atoms with Gasteiger partial charge in [-0.1, -0.05) is 23.7 Å². The van der Waals surface area contributed by atoms with Gasteiger partial charge in [-0.3, -0.25) is 9.48 Å². The number of rotatable bonds is 6. The predicted molar refractivity (Wildman–Crippen MR) is 120 cm³/mol. The molecule has 0 N–H and O–H groups in total. The SMILES string of the molecule is COc1ccc(C(C)N2C[C@H](C(C)Oc3nc(Cl)cc4nn(C)c(C)c34)CC2=O)cc1. The number of benzene rings is 1. The van der Waals surface area contributed by atoms with Gasteiger partial charge in [-0.25, -0.2) is 4.98 Å². The van der Waals surface area contributed by atoms with Crippen LogP contribution in [0.2, 0.25) is 5.15 Å². The zero-order chi connectivity index (χ0) is 22.3. The van der Waals surface area contributed by atoms with E-state index in [0.29, 0.717) is 24.0 Å². The number of aryl methyl sites for hydroxylation is 2. The average Bonchev–Trinajstić information content (AvgIpc) is 3.27. The number of hydrogen-bond donors (Lipinski definition) is 0. The second kappa shape index (κ2) is 8.38. The lowest BCUT2D eigenvalue weighted by atomic mass is 10.0. The van der Waals surface area contributed by atoms with Crippen molar-refractivity contribution in [2.75, 3.05) is 13.7 Å². The van der Waals surface area contributed by atoms with Crippen LogP contribution in [0.25, 0.3) is 10.9 Å². The number of halogens is 1. The third kappa shape index (κ3) is 4.06. The van der Waals surface area contributed by atoms with Crippen molar-refractivity contribution < 1.29 is 14.3 Å². The van der Waals surface area contributed by atoms with Crippen molar-refractivity contribution in [1.29, 1.82) is 0 Å². The second-order valence-electron chi connectivity index (χ2n) is 8.14. The third-order valence-corrected chi connectivity index (χ3v) is 6.45. The van der Waals surface area contributed by atoms with Crippen molar-refractivity contribution in [3.8, 4) is 11.6 Å². The highest BCUT2D eigenvalue weighted by Crippen LogP contribution is 2.34. The fourth-order valence-corrected chi connectivity index (χ4v) is 4.35. The third-order valence-electron chi connectivity index (χ3n) is 6.25. The van der Waals surface area contributed by atoms with E-state index in [9.17, 15) is 4.79 Å². The van der Waals surface area contributed by atoms with E-state index in [1.165, 1.54) is 0 Å². The molecule has 3 aromatic rings. The number of likely N-dealkylation sites (tertiary alicyclic amines) is 1. The van der Waals surface area contributed by atoms with Crippen LogP contribution in [0.1, 0.15) is 37.6 Å². The highest BCUT2D eigenvalue weighted by Gasteiger charge is 2.37. The maximum absolute atomic E-state index is 12.8. The van der Waals surface area contributed by atoms with Gasteiger partial charge in [0.1, 0.15) is 22.5 Å². The smallest absolute Gasteiger partial charge is 0.226 e. The molecule has 2 unspecified atom stereocenters. The standard InChI is InChI=1S/C23H27ClN4O3/c1-13(16-6-8-18(30-5)9-7-16)28-12-17(10-21(28)29)15(3)31-23-22-14(2)27(4)26-19(22)11-20(24)25-23/h6-9,11,13,15,17H,10,12H2,1-5H3/t13?,15?,17-/m1/s1. The van der Waals surface area contributed by atoms with Crippen LogP contribution in [-0.2, 0) is 11.8 Å². The average molecular weight is 443 g/mol. The van der Waals surface area contributed by atoms with Crippen LogP contribution < -0.4 is 9.47 Å². The number of aromatic nitrogens is 3. The van der Waals surface area contributed by atoms with Crippen LogP contribution in [-0.4, -0.2) is 45.3 Å². The van der Waals surface area contributed by atoms with Gasteiger partial charge in [0.05, 0.1) is 18.5 Å². The maximum atomic E-state index is 12.8. The summed E-state index contributed by atoms with van der Waals surface area (Å²) in [5.41, 5.74) is 2.78. The summed E-state index contributed by atoms with van der Waals surface area (Å²) in [5.74, 6) is 1.45. The Morgan fingerprint density at radius 1 is 1.23 bits per heavy atom. The zero-order valence-electron chi connectivity index (χ0n) is 18.4. The van der Waals surface area contributed by atoms with Crippen LogP contribution in [0.3, 0.4) is 0 Å². The summed E-state index contributed by atoms with van der Waals surface area (Å²) in [6.07, 6.45) is 0.239. The van der Waals surface area contributed by atoms with E-state index in [1.54, 1.807) is 17.9 Å². The molecule has 1 aromatic carbocycles. The first-order valence-corrected chi connectivity index (χ1v) is 10.8. The molecule has 1 amide bonds. The van der Waals surface area contributed by atoms with Gasteiger partial charge in [0.25, 0.3) is 0 Å². The molecule has 1 saturated heterocycles. The summed E-state index contributed by atoms with van der Waals surface area (Å²) in [7, 11) is 3.52. The molecule has 3 atom stereocenters. The molecule has 0 spiro atoms. The maximum Gasteiger partial charge on any atom is 0.226 e. The number of methoxy groups -OCH3 is 1. The molecule has 0 saturated carbocycles. The Kier molecular flexibility index (Phi) is 5.79. The Morgan fingerprint density at radius 3 is 2.61 bits per heavy atom. The Labute approximate surface area is 186 Å². The molecule has 2 aromatic heterocycles. The number of nitrogens with zero attached hydrogens (tertiary/aromatic N) is 4. The first-order valence-electron chi connectivity index (χ1n) is 10.4. The summed E-state index contributed by atoms with van der Waals surface area (Å²) in [6.45, 7) is 6.64. The van der Waals surface area contributed by atoms with Gasteiger partial charge in [0.2, 0.25) is 11.8 Å². The number of ether oxygens (including phenoxy) is 2. The van der Waals surface area contributed by atoms with E-state index in [2.05, 4.69) is 17.0 Å². The summed E-state index contributed by atoms with van der Waals surface area (Å²) in [6, 6.07) is 9.55. The topological polar surface area (TPSA) is 69.5 Å². The van der Waals surface area contributed by atoms with Crippen molar-refractivity contribution in [3.05, 3.63) is 46.7 Å². The highest BCUT2D eigenvalue weighted by molar-refractivity contribution is 6.30. The van der Waals surface area contributed by atoms with Gasteiger partial charge in [0, 0.05) is 37.7 Å². The fourth-order valence-electron chi connectivity index (χ4n) is 4.17. The Bertz CT molecular complexity index is 1110. The fraction of sp³-hybridized carbons (Fsp3) is 0.435. The van der Waals surface area contributed by atoms with Crippen molar-refractivity contribution >= 4 is 28.4 Å². The molecule has 31 heavy (non-hydrogen) atoms. The van der Waals surface area contributed by atoms with Crippen LogP contribution in [0.5, 0.6) is 11.6 Å². The van der Waals surface area contributed by atoms with E-state index in [-0.39, 0.29) is 24.0 Å².